The zero-order valence-electron chi connectivity index (χ0n) is 17.0. The lowest BCUT2D eigenvalue weighted by Gasteiger charge is -2.13. The topological polar surface area (TPSA) is 120 Å². The molecule has 0 bridgehead atoms. The Morgan fingerprint density at radius 2 is 1.82 bits per heavy atom. The smallest absolute Gasteiger partial charge is 0.451 e. The first-order chi connectivity index (χ1) is 16.0. The van der Waals surface area contributed by atoms with Gasteiger partial charge in [0.15, 0.2) is 11.6 Å². The van der Waals surface area contributed by atoms with Gasteiger partial charge >= 0.3 is 6.18 Å². The highest BCUT2D eigenvalue weighted by atomic mass is 35.5. The van der Waals surface area contributed by atoms with E-state index in [4.69, 9.17) is 20.9 Å². The van der Waals surface area contributed by atoms with Gasteiger partial charge in [-0.1, -0.05) is 22.8 Å². The first-order valence-electron chi connectivity index (χ1n) is 9.31. The summed E-state index contributed by atoms with van der Waals surface area (Å²) in [6, 6.07) is 9.82. The van der Waals surface area contributed by atoms with E-state index in [2.05, 4.69) is 24.8 Å². The number of nitrogens with one attached hydrogen (secondary N) is 1. The van der Waals surface area contributed by atoms with Crippen molar-refractivity contribution in [2.24, 2.45) is 0 Å². The molecule has 0 saturated carbocycles. The molecule has 0 radical (unpaired) electrons. The third kappa shape index (κ3) is 5.26. The number of aryl methyl sites for hydroxylation is 1. The number of hydrogen-bond donors (Lipinski definition) is 1. The molecule has 2 aromatic carbocycles. The molecule has 0 aliphatic rings. The highest BCUT2D eigenvalue weighted by molar-refractivity contribution is 7.92. The summed E-state index contributed by atoms with van der Waals surface area (Å²) < 4.78 is 76.9. The minimum atomic E-state index is -4.72. The molecule has 0 amide bonds. The summed E-state index contributed by atoms with van der Waals surface area (Å²) in [4.78, 5) is 10.5. The van der Waals surface area contributed by atoms with Crippen LogP contribution in [0.5, 0.6) is 11.5 Å². The maximum atomic E-state index is 12.7. The monoisotopic (exact) mass is 511 g/mol. The third-order valence-corrected chi connectivity index (χ3v) is 5.82. The van der Waals surface area contributed by atoms with Crippen LogP contribution in [0.15, 0.2) is 64.3 Å². The van der Waals surface area contributed by atoms with Crippen molar-refractivity contribution in [1.82, 2.24) is 20.1 Å². The summed E-state index contributed by atoms with van der Waals surface area (Å²) in [6.07, 6.45) is -3.05. The molecule has 0 fully saturated rings. The number of hydrogen-bond acceptors (Lipinski definition) is 8. The molecular weight excluding hydrogens is 499 g/mol. The molecule has 4 rings (SSSR count). The third-order valence-electron chi connectivity index (χ3n) is 4.21. The van der Waals surface area contributed by atoms with Crippen LogP contribution in [-0.2, 0) is 16.2 Å². The summed E-state index contributed by atoms with van der Waals surface area (Å²) in [5.74, 6) is -1.11. The van der Waals surface area contributed by atoms with E-state index >= 15 is 0 Å². The zero-order valence-corrected chi connectivity index (χ0v) is 18.6. The van der Waals surface area contributed by atoms with Crippen molar-refractivity contribution >= 4 is 27.3 Å². The molecule has 0 aliphatic carbocycles. The predicted octanol–water partition coefficient (Wildman–Crippen LogP) is 5.10. The lowest BCUT2D eigenvalue weighted by atomic mass is 10.2. The van der Waals surface area contributed by atoms with Crippen LogP contribution >= 0.6 is 11.6 Å². The Labute approximate surface area is 195 Å². The molecule has 0 unspecified atom stereocenters. The van der Waals surface area contributed by atoms with Gasteiger partial charge in [0.25, 0.3) is 15.9 Å². The van der Waals surface area contributed by atoms with E-state index in [0.29, 0.717) is 5.82 Å². The van der Waals surface area contributed by atoms with E-state index in [1.807, 2.05) is 0 Å². The van der Waals surface area contributed by atoms with Crippen LogP contribution in [0.1, 0.15) is 11.6 Å². The highest BCUT2D eigenvalue weighted by Gasteiger charge is 2.34. The Kier molecular flexibility index (Phi) is 6.15. The first-order valence-corrected chi connectivity index (χ1v) is 11.2. The minimum absolute atomic E-state index is 0.00157. The molecule has 176 valence electrons. The van der Waals surface area contributed by atoms with Crippen LogP contribution in [0.2, 0.25) is 5.02 Å². The number of alkyl halides is 3. The quantitative estimate of drug-likeness (QED) is 0.379. The van der Waals surface area contributed by atoms with Crippen LogP contribution in [-0.4, -0.2) is 28.5 Å². The molecule has 0 spiro atoms. The van der Waals surface area contributed by atoms with Crippen molar-refractivity contribution < 1.29 is 30.8 Å². The molecule has 9 nitrogen and oxygen atoms in total. The summed E-state index contributed by atoms with van der Waals surface area (Å²) in [6.45, 7) is 1.59. The Morgan fingerprint density at radius 3 is 2.44 bits per heavy atom. The van der Waals surface area contributed by atoms with Crippen LogP contribution in [0.25, 0.3) is 11.5 Å². The second kappa shape index (κ2) is 8.91. The van der Waals surface area contributed by atoms with Gasteiger partial charge in [0.1, 0.15) is 5.75 Å². The average Bonchev–Trinajstić information content (AvgIpc) is 3.19. The molecule has 0 atom stereocenters. The number of ether oxygens (including phenoxy) is 1. The Morgan fingerprint density at radius 1 is 1.09 bits per heavy atom. The number of sulfonamides is 1. The predicted molar refractivity (Wildman–Crippen MR) is 114 cm³/mol. The van der Waals surface area contributed by atoms with Crippen LogP contribution in [0.3, 0.4) is 0 Å². The van der Waals surface area contributed by atoms with E-state index in [0.717, 1.165) is 12.4 Å². The highest BCUT2D eigenvalue weighted by Crippen LogP contribution is 2.36. The minimum Gasteiger partial charge on any atom is -0.453 e. The Balaban J connectivity index is 1.70. The van der Waals surface area contributed by atoms with Crippen LogP contribution in [0.4, 0.5) is 18.9 Å². The number of anilines is 1. The summed E-state index contributed by atoms with van der Waals surface area (Å²) in [5.41, 5.74) is 0.342. The molecule has 14 heteroatoms. The maximum absolute atomic E-state index is 12.7. The van der Waals surface area contributed by atoms with E-state index in [9.17, 15) is 21.6 Å². The molecule has 2 heterocycles. The van der Waals surface area contributed by atoms with E-state index in [-0.39, 0.29) is 38.6 Å². The fourth-order valence-corrected chi connectivity index (χ4v) is 4.09. The number of aromatic nitrogens is 4. The molecule has 0 saturated heterocycles. The van der Waals surface area contributed by atoms with Crippen molar-refractivity contribution in [1.29, 1.82) is 0 Å². The van der Waals surface area contributed by atoms with Crippen molar-refractivity contribution in [2.75, 3.05) is 4.72 Å². The molecular formula is C20H13ClF3N5O4S. The van der Waals surface area contributed by atoms with Gasteiger partial charge in [0.2, 0.25) is 5.82 Å². The second-order valence-corrected chi connectivity index (χ2v) is 8.88. The maximum Gasteiger partial charge on any atom is 0.451 e. The number of nitrogens with zero attached hydrogens (tertiary/aromatic N) is 4. The van der Waals surface area contributed by atoms with Crippen LogP contribution in [0, 0.1) is 6.92 Å². The molecule has 0 aliphatic heterocycles. The van der Waals surface area contributed by atoms with Crippen molar-refractivity contribution in [3.05, 3.63) is 71.5 Å². The SMILES string of the molecule is Cc1noc(-c2ccc(NS(=O)(=O)c3cccc(Cl)c3)cc2Oc2cnc(C(F)(F)F)nc2)n1. The zero-order chi connectivity index (χ0) is 24.5. The van der Waals surface area contributed by atoms with Gasteiger partial charge in [-0.15, -0.1) is 0 Å². The standard InChI is InChI=1S/C20H13ClF3N5O4S/c1-11-27-18(33-28-11)16-6-5-13(29-34(30,31)15-4-2-3-12(21)7-15)8-17(16)32-14-9-25-19(26-10-14)20(22,23)24/h2-10,29H,1H3. The largest absolute Gasteiger partial charge is 0.453 e. The van der Waals surface area contributed by atoms with Gasteiger partial charge in [-0.25, -0.2) is 18.4 Å². The van der Waals surface area contributed by atoms with Crippen molar-refractivity contribution in [3.8, 4) is 23.0 Å². The number of halogens is 4. The second-order valence-electron chi connectivity index (χ2n) is 6.76. The molecule has 1 N–H and O–H groups in total. The lowest BCUT2D eigenvalue weighted by Crippen LogP contribution is -2.13. The average molecular weight is 512 g/mol. The van der Waals surface area contributed by atoms with Gasteiger partial charge in [-0.2, -0.15) is 18.2 Å². The molecule has 4 aromatic rings. The number of rotatable bonds is 6. The fraction of sp³-hybridized carbons (Fsp3) is 0.100. The molecule has 34 heavy (non-hydrogen) atoms. The summed E-state index contributed by atoms with van der Waals surface area (Å²) in [5, 5.41) is 3.93. The van der Waals surface area contributed by atoms with Crippen LogP contribution < -0.4 is 9.46 Å². The van der Waals surface area contributed by atoms with Gasteiger partial charge in [0.05, 0.1) is 28.5 Å². The van der Waals surface area contributed by atoms with Gasteiger partial charge in [-0.05, 0) is 37.3 Å². The molecule has 2 aromatic heterocycles. The fourth-order valence-electron chi connectivity index (χ4n) is 2.74. The normalized spacial score (nSPS) is 11.9. The van der Waals surface area contributed by atoms with Gasteiger partial charge in [0, 0.05) is 11.1 Å². The Hall–Kier alpha value is -3.71. The number of benzene rings is 2. The summed E-state index contributed by atoms with van der Waals surface area (Å²) >= 11 is 5.88. The Bertz CT molecular complexity index is 1440. The van der Waals surface area contributed by atoms with E-state index in [1.54, 1.807) is 6.92 Å². The van der Waals surface area contributed by atoms with E-state index in [1.165, 1.54) is 42.5 Å². The van der Waals surface area contributed by atoms with Crippen molar-refractivity contribution in [3.63, 3.8) is 0 Å². The summed E-state index contributed by atoms with van der Waals surface area (Å²) in [7, 11) is -4.01. The van der Waals surface area contributed by atoms with Gasteiger partial charge < -0.3 is 9.26 Å². The van der Waals surface area contributed by atoms with E-state index < -0.39 is 22.0 Å². The first kappa shape index (κ1) is 23.4. The van der Waals surface area contributed by atoms with Gasteiger partial charge in [-0.3, -0.25) is 4.72 Å². The van der Waals surface area contributed by atoms with Crippen molar-refractivity contribution in [2.45, 2.75) is 18.0 Å². The lowest BCUT2D eigenvalue weighted by molar-refractivity contribution is -0.145.